The summed E-state index contributed by atoms with van der Waals surface area (Å²) in [4.78, 5) is 2.54. The summed E-state index contributed by atoms with van der Waals surface area (Å²) in [5.41, 5.74) is 1.40. The molecule has 0 saturated carbocycles. The highest BCUT2D eigenvalue weighted by Gasteiger charge is 2.36. The van der Waals surface area contributed by atoms with Crippen LogP contribution in [0.5, 0.6) is 0 Å². The van der Waals surface area contributed by atoms with Gasteiger partial charge in [-0.05, 0) is 30.4 Å². The Morgan fingerprint density at radius 2 is 1.93 bits per heavy atom. The largest absolute Gasteiger partial charge is 0.371 e. The lowest BCUT2D eigenvalue weighted by Gasteiger charge is -2.20. The lowest BCUT2D eigenvalue weighted by atomic mass is 10.0. The van der Waals surface area contributed by atoms with E-state index in [0.29, 0.717) is 0 Å². The smallest absolute Gasteiger partial charge is 0.0363 e. The molecule has 2 heterocycles. The van der Waals surface area contributed by atoms with Crippen molar-refractivity contribution in [2.45, 2.75) is 6.42 Å². The van der Waals surface area contributed by atoms with Crippen molar-refractivity contribution < 1.29 is 0 Å². The van der Waals surface area contributed by atoms with Gasteiger partial charge in [0.15, 0.2) is 0 Å². The van der Waals surface area contributed by atoms with Crippen LogP contribution in [0, 0.1) is 11.8 Å². The van der Waals surface area contributed by atoms with Crippen LogP contribution in [0.15, 0.2) is 36.1 Å². The summed E-state index contributed by atoms with van der Waals surface area (Å²) in [6.45, 7) is 4.91. The molecule has 0 aromatic heterocycles. The Morgan fingerprint density at radius 3 is 2.73 bits per heavy atom. The average molecular weight is 202 g/mol. The highest BCUT2D eigenvalue weighted by molar-refractivity contribution is 5.27. The molecular weight excluding hydrogens is 184 g/mol. The van der Waals surface area contributed by atoms with Gasteiger partial charge in [-0.1, -0.05) is 18.2 Å². The molecule has 2 fully saturated rings. The van der Waals surface area contributed by atoms with Gasteiger partial charge >= 0.3 is 0 Å². The molecule has 0 amide bonds. The van der Waals surface area contributed by atoms with Crippen LogP contribution in [0.2, 0.25) is 0 Å². The highest BCUT2D eigenvalue weighted by Crippen LogP contribution is 2.29. The van der Waals surface area contributed by atoms with Crippen molar-refractivity contribution in [3.05, 3.63) is 36.1 Å². The van der Waals surface area contributed by atoms with Gasteiger partial charge in [0.2, 0.25) is 0 Å². The van der Waals surface area contributed by atoms with Gasteiger partial charge in [-0.25, -0.2) is 0 Å². The summed E-state index contributed by atoms with van der Waals surface area (Å²) in [6, 6.07) is 0. The number of nitrogens with one attached hydrogen (secondary N) is 1. The van der Waals surface area contributed by atoms with Gasteiger partial charge < -0.3 is 10.2 Å². The Hall–Kier alpha value is -1.02. The van der Waals surface area contributed by atoms with Crippen LogP contribution in [0.1, 0.15) is 6.42 Å². The number of nitrogens with zero attached hydrogens (tertiary/aromatic N) is 1. The normalized spacial score (nSPS) is 34.1. The van der Waals surface area contributed by atoms with E-state index in [-0.39, 0.29) is 0 Å². The minimum absolute atomic E-state index is 0.881. The second-order valence-electron chi connectivity index (χ2n) is 4.74. The molecule has 0 bridgehead atoms. The van der Waals surface area contributed by atoms with Crippen LogP contribution in [-0.4, -0.2) is 31.1 Å². The molecule has 0 aromatic rings. The maximum absolute atomic E-state index is 3.48. The van der Waals surface area contributed by atoms with Crippen molar-refractivity contribution in [3.8, 4) is 0 Å². The molecule has 2 saturated heterocycles. The first-order chi connectivity index (χ1) is 7.43. The summed E-state index contributed by atoms with van der Waals surface area (Å²) in [5.74, 6) is 1.76. The Labute approximate surface area is 91.3 Å². The maximum Gasteiger partial charge on any atom is 0.0363 e. The van der Waals surface area contributed by atoms with Crippen LogP contribution in [0.25, 0.3) is 0 Å². The first-order valence-electron chi connectivity index (χ1n) is 5.92. The van der Waals surface area contributed by atoms with Gasteiger partial charge in [-0.3, -0.25) is 0 Å². The van der Waals surface area contributed by atoms with Gasteiger partial charge in [0.25, 0.3) is 0 Å². The molecule has 2 aliphatic heterocycles. The van der Waals surface area contributed by atoms with Gasteiger partial charge in [0.05, 0.1) is 0 Å². The van der Waals surface area contributed by atoms with Crippen molar-refractivity contribution >= 4 is 0 Å². The van der Waals surface area contributed by atoms with Crippen molar-refractivity contribution in [3.63, 3.8) is 0 Å². The van der Waals surface area contributed by atoms with E-state index in [0.717, 1.165) is 18.3 Å². The summed E-state index contributed by atoms with van der Waals surface area (Å²) in [5, 5.41) is 3.48. The van der Waals surface area contributed by atoms with Crippen LogP contribution < -0.4 is 5.32 Å². The Kier molecular flexibility index (Phi) is 2.37. The number of hydrogen-bond donors (Lipinski definition) is 1. The van der Waals surface area contributed by atoms with Crippen LogP contribution in [-0.2, 0) is 0 Å². The molecule has 2 atom stereocenters. The van der Waals surface area contributed by atoms with E-state index in [4.69, 9.17) is 0 Å². The number of rotatable bonds is 1. The van der Waals surface area contributed by atoms with E-state index >= 15 is 0 Å². The fraction of sp³-hybridized carbons (Fsp3) is 0.538. The maximum atomic E-state index is 3.48. The van der Waals surface area contributed by atoms with Crippen molar-refractivity contribution in [2.75, 3.05) is 26.2 Å². The van der Waals surface area contributed by atoms with E-state index < -0.39 is 0 Å². The molecule has 0 radical (unpaired) electrons. The van der Waals surface area contributed by atoms with E-state index in [1.165, 1.54) is 31.9 Å². The monoisotopic (exact) mass is 202 g/mol. The van der Waals surface area contributed by atoms with Gasteiger partial charge in [0.1, 0.15) is 0 Å². The van der Waals surface area contributed by atoms with Gasteiger partial charge in [0, 0.05) is 31.9 Å². The lowest BCUT2D eigenvalue weighted by molar-refractivity contribution is 0.402. The predicted octanol–water partition coefficient (Wildman–Crippen LogP) is 1.54. The van der Waals surface area contributed by atoms with E-state index in [9.17, 15) is 0 Å². The fourth-order valence-electron chi connectivity index (χ4n) is 2.85. The second-order valence-corrected chi connectivity index (χ2v) is 4.74. The van der Waals surface area contributed by atoms with Gasteiger partial charge in [-0.2, -0.15) is 0 Å². The second kappa shape index (κ2) is 3.86. The highest BCUT2D eigenvalue weighted by atomic mass is 15.2. The third-order valence-corrected chi connectivity index (χ3v) is 3.72. The molecule has 3 aliphatic rings. The van der Waals surface area contributed by atoms with Crippen LogP contribution in [0.3, 0.4) is 0 Å². The topological polar surface area (TPSA) is 15.3 Å². The Bertz CT molecular complexity index is 315. The number of hydrogen-bond acceptors (Lipinski definition) is 2. The minimum Gasteiger partial charge on any atom is -0.371 e. The Morgan fingerprint density at radius 1 is 1.13 bits per heavy atom. The van der Waals surface area contributed by atoms with E-state index in [2.05, 4.69) is 40.6 Å². The number of allylic oxidation sites excluding steroid dienone is 5. The standard InChI is InChI=1S/C13H18N2/c1-2-4-6-13(5-3-1)15-9-11-7-14-8-12(11)10-15/h1,3-6,11-12,14H,2,7-10H2. The molecule has 15 heavy (non-hydrogen) atoms. The SMILES string of the molecule is C1=CCC=CC(N2CC3CNCC3C2)=C1. The van der Waals surface area contributed by atoms with Crippen molar-refractivity contribution in [1.29, 1.82) is 0 Å². The first-order valence-corrected chi connectivity index (χ1v) is 5.92. The average Bonchev–Trinajstić information content (AvgIpc) is 2.70. The van der Waals surface area contributed by atoms with Crippen LogP contribution in [0.4, 0.5) is 0 Å². The molecule has 1 aliphatic carbocycles. The molecule has 0 spiro atoms. The molecule has 0 aromatic carbocycles. The molecule has 3 rings (SSSR count). The van der Waals surface area contributed by atoms with E-state index in [1.54, 1.807) is 0 Å². The molecule has 1 N–H and O–H groups in total. The quantitative estimate of drug-likeness (QED) is 0.694. The van der Waals surface area contributed by atoms with E-state index in [1.807, 2.05) is 0 Å². The molecule has 2 unspecified atom stereocenters. The predicted molar refractivity (Wildman–Crippen MR) is 62.4 cm³/mol. The zero-order valence-electron chi connectivity index (χ0n) is 9.02. The third-order valence-electron chi connectivity index (χ3n) is 3.72. The molecule has 2 heteroatoms. The first kappa shape index (κ1) is 9.22. The zero-order chi connectivity index (χ0) is 10.1. The summed E-state index contributed by atoms with van der Waals surface area (Å²) >= 11 is 0. The van der Waals surface area contributed by atoms with Crippen molar-refractivity contribution in [1.82, 2.24) is 10.2 Å². The third kappa shape index (κ3) is 1.74. The van der Waals surface area contributed by atoms with Gasteiger partial charge in [-0.15, -0.1) is 0 Å². The fourth-order valence-corrected chi connectivity index (χ4v) is 2.85. The van der Waals surface area contributed by atoms with Crippen LogP contribution >= 0.6 is 0 Å². The Balaban J connectivity index is 1.73. The zero-order valence-corrected chi connectivity index (χ0v) is 9.02. The summed E-state index contributed by atoms with van der Waals surface area (Å²) in [7, 11) is 0. The molecule has 80 valence electrons. The molecular formula is C13H18N2. The summed E-state index contributed by atoms with van der Waals surface area (Å²) in [6.07, 6.45) is 12.2. The van der Waals surface area contributed by atoms with Crippen molar-refractivity contribution in [2.24, 2.45) is 11.8 Å². The summed E-state index contributed by atoms with van der Waals surface area (Å²) < 4.78 is 0. The lowest BCUT2D eigenvalue weighted by Crippen LogP contribution is -2.24. The number of likely N-dealkylation sites (tertiary alicyclic amines) is 1. The number of fused-ring (bicyclic) bond motifs is 1. The molecule has 2 nitrogen and oxygen atoms in total. The minimum atomic E-state index is 0.881.